The van der Waals surface area contributed by atoms with Crippen molar-refractivity contribution in [1.29, 1.82) is 0 Å². The molecule has 0 bridgehead atoms. The number of rotatable bonds is 0. The molecular formula is C10H9NS2. The van der Waals surface area contributed by atoms with E-state index in [1.165, 1.54) is 25.3 Å². The molecule has 0 unspecified atom stereocenters. The summed E-state index contributed by atoms with van der Waals surface area (Å²) in [6.07, 6.45) is 0. The van der Waals surface area contributed by atoms with Crippen molar-refractivity contribution in [3.8, 4) is 0 Å². The number of fused-ring (bicyclic) bond motifs is 3. The number of thiophene rings is 2. The van der Waals surface area contributed by atoms with E-state index in [1.54, 1.807) is 0 Å². The van der Waals surface area contributed by atoms with Crippen LogP contribution in [0.15, 0.2) is 17.5 Å². The summed E-state index contributed by atoms with van der Waals surface area (Å²) in [6.45, 7) is 2.17. The summed E-state index contributed by atoms with van der Waals surface area (Å²) in [5, 5.41) is 2.17. The van der Waals surface area contributed by atoms with E-state index < -0.39 is 0 Å². The van der Waals surface area contributed by atoms with Gasteiger partial charge in [0.05, 0.1) is 20.4 Å². The largest absolute Gasteiger partial charge is 0.342 e. The maximum atomic E-state index is 2.28. The van der Waals surface area contributed by atoms with Gasteiger partial charge in [0, 0.05) is 11.9 Å². The van der Waals surface area contributed by atoms with Crippen molar-refractivity contribution < 1.29 is 0 Å². The van der Waals surface area contributed by atoms with Crippen molar-refractivity contribution in [3.05, 3.63) is 22.4 Å². The molecule has 0 aromatic carbocycles. The van der Waals surface area contributed by atoms with Crippen LogP contribution >= 0.6 is 22.7 Å². The molecule has 0 fully saturated rings. The second kappa shape index (κ2) is 2.36. The first-order chi connectivity index (χ1) is 6.27. The fourth-order valence-corrected chi connectivity index (χ4v) is 3.91. The quantitative estimate of drug-likeness (QED) is 0.529. The van der Waals surface area contributed by atoms with Crippen LogP contribution in [0.5, 0.6) is 0 Å². The molecule has 1 nitrogen and oxygen atoms in total. The van der Waals surface area contributed by atoms with Crippen LogP contribution in [0, 0.1) is 6.92 Å². The Labute approximate surface area is 84.2 Å². The van der Waals surface area contributed by atoms with Gasteiger partial charge in [0.2, 0.25) is 0 Å². The molecule has 3 aromatic rings. The molecule has 0 N–H and O–H groups in total. The normalized spacial score (nSPS) is 11.8. The second-order valence-electron chi connectivity index (χ2n) is 3.27. The Balaban J connectivity index is 2.68. The van der Waals surface area contributed by atoms with Crippen molar-refractivity contribution >= 4 is 43.1 Å². The summed E-state index contributed by atoms with van der Waals surface area (Å²) in [4.78, 5) is 1.40. The lowest BCUT2D eigenvalue weighted by atomic mass is 10.4. The molecule has 13 heavy (non-hydrogen) atoms. The third-order valence-electron chi connectivity index (χ3n) is 2.41. The topological polar surface area (TPSA) is 4.93 Å². The molecular weight excluding hydrogens is 198 g/mol. The van der Waals surface area contributed by atoms with Crippen molar-refractivity contribution in [3.63, 3.8) is 0 Å². The van der Waals surface area contributed by atoms with E-state index >= 15 is 0 Å². The third-order valence-corrected chi connectivity index (χ3v) is 4.52. The van der Waals surface area contributed by atoms with Crippen molar-refractivity contribution in [2.75, 3.05) is 0 Å². The minimum atomic E-state index is 1.37. The van der Waals surface area contributed by atoms with E-state index in [2.05, 4.69) is 36.1 Å². The van der Waals surface area contributed by atoms with Gasteiger partial charge in [-0.1, -0.05) is 0 Å². The van der Waals surface area contributed by atoms with E-state index in [-0.39, 0.29) is 0 Å². The Morgan fingerprint density at radius 1 is 1.23 bits per heavy atom. The van der Waals surface area contributed by atoms with E-state index in [0.29, 0.717) is 0 Å². The molecule has 0 saturated carbocycles. The lowest BCUT2D eigenvalue weighted by molar-refractivity contribution is 1.02. The molecule has 0 radical (unpaired) electrons. The number of aryl methyl sites for hydroxylation is 2. The fourth-order valence-electron chi connectivity index (χ4n) is 1.78. The van der Waals surface area contributed by atoms with Gasteiger partial charge in [0.1, 0.15) is 0 Å². The molecule has 0 spiro atoms. The Bertz CT molecular complexity index is 582. The maximum Gasteiger partial charge on any atom is 0.0703 e. The number of nitrogens with zero attached hydrogens (tertiary/aromatic N) is 1. The van der Waals surface area contributed by atoms with Crippen molar-refractivity contribution in [1.82, 2.24) is 4.57 Å². The van der Waals surface area contributed by atoms with Crippen LogP contribution in [-0.4, -0.2) is 4.57 Å². The molecule has 3 heterocycles. The zero-order valence-electron chi connectivity index (χ0n) is 7.50. The Hall–Kier alpha value is -0.800. The van der Waals surface area contributed by atoms with Crippen LogP contribution in [0.3, 0.4) is 0 Å². The van der Waals surface area contributed by atoms with Crippen molar-refractivity contribution in [2.45, 2.75) is 6.92 Å². The maximum absolute atomic E-state index is 2.28. The Kier molecular flexibility index (Phi) is 1.38. The molecule has 66 valence electrons. The van der Waals surface area contributed by atoms with Crippen LogP contribution < -0.4 is 0 Å². The molecule has 0 aliphatic heterocycles. The molecule has 3 rings (SSSR count). The highest BCUT2D eigenvalue weighted by molar-refractivity contribution is 7.26. The second-order valence-corrected chi connectivity index (χ2v) is 5.44. The molecule has 3 aromatic heterocycles. The molecule has 0 amide bonds. The average molecular weight is 207 g/mol. The summed E-state index contributed by atoms with van der Waals surface area (Å²) in [6, 6.07) is 4.47. The summed E-state index contributed by atoms with van der Waals surface area (Å²) < 4.78 is 5.17. The first-order valence-corrected chi connectivity index (χ1v) is 5.89. The third kappa shape index (κ3) is 0.860. The van der Waals surface area contributed by atoms with Gasteiger partial charge in [-0.25, -0.2) is 0 Å². The van der Waals surface area contributed by atoms with Gasteiger partial charge >= 0.3 is 0 Å². The standard InChI is InChI=1S/C10H9NS2/c1-6-5-8-10(13-6)9-7(11(8)2)3-4-12-9/h3-5H,1-2H3. The number of aromatic nitrogens is 1. The van der Waals surface area contributed by atoms with Gasteiger partial charge in [-0.2, -0.15) is 0 Å². The molecule has 0 atom stereocenters. The van der Waals surface area contributed by atoms with Crippen LogP contribution in [0.2, 0.25) is 0 Å². The van der Waals surface area contributed by atoms with Gasteiger partial charge in [-0.15, -0.1) is 22.7 Å². The SMILES string of the molecule is Cc1cc2c(s1)c1sccc1n2C. The van der Waals surface area contributed by atoms with E-state index in [4.69, 9.17) is 0 Å². The summed E-state index contributed by atoms with van der Waals surface area (Å²) in [7, 11) is 2.14. The van der Waals surface area contributed by atoms with Gasteiger partial charge in [0.15, 0.2) is 0 Å². The Morgan fingerprint density at radius 3 is 2.92 bits per heavy atom. The van der Waals surface area contributed by atoms with Gasteiger partial charge in [-0.3, -0.25) is 0 Å². The highest BCUT2D eigenvalue weighted by Gasteiger charge is 2.10. The summed E-state index contributed by atoms with van der Waals surface area (Å²) in [5.41, 5.74) is 2.75. The smallest absolute Gasteiger partial charge is 0.0703 e. The zero-order valence-corrected chi connectivity index (χ0v) is 9.13. The highest BCUT2D eigenvalue weighted by Crippen LogP contribution is 2.37. The van der Waals surface area contributed by atoms with Crippen LogP contribution in [0.25, 0.3) is 20.4 Å². The first kappa shape index (κ1) is 7.59. The van der Waals surface area contributed by atoms with E-state index in [0.717, 1.165) is 0 Å². The van der Waals surface area contributed by atoms with Gasteiger partial charge in [0.25, 0.3) is 0 Å². The summed E-state index contributed by atoms with van der Waals surface area (Å²) >= 11 is 3.74. The summed E-state index contributed by atoms with van der Waals surface area (Å²) in [5.74, 6) is 0. The molecule has 0 aliphatic carbocycles. The van der Waals surface area contributed by atoms with Crippen molar-refractivity contribution in [2.24, 2.45) is 7.05 Å². The lowest BCUT2D eigenvalue weighted by Gasteiger charge is -1.91. The number of hydrogen-bond acceptors (Lipinski definition) is 2. The minimum Gasteiger partial charge on any atom is -0.342 e. The molecule has 0 aliphatic rings. The Morgan fingerprint density at radius 2 is 2.08 bits per heavy atom. The van der Waals surface area contributed by atoms with Crippen LogP contribution in [0.1, 0.15) is 4.88 Å². The molecule has 0 saturated heterocycles. The van der Waals surface area contributed by atoms with Gasteiger partial charge < -0.3 is 4.57 Å². The average Bonchev–Trinajstić information content (AvgIpc) is 2.70. The highest BCUT2D eigenvalue weighted by atomic mass is 32.1. The zero-order chi connectivity index (χ0) is 9.00. The van der Waals surface area contributed by atoms with E-state index in [9.17, 15) is 0 Å². The monoisotopic (exact) mass is 207 g/mol. The van der Waals surface area contributed by atoms with Gasteiger partial charge in [-0.05, 0) is 24.4 Å². The van der Waals surface area contributed by atoms with Crippen LogP contribution in [-0.2, 0) is 7.05 Å². The van der Waals surface area contributed by atoms with E-state index in [1.807, 2.05) is 22.7 Å². The van der Waals surface area contributed by atoms with Crippen LogP contribution in [0.4, 0.5) is 0 Å². The number of hydrogen-bond donors (Lipinski definition) is 0. The first-order valence-electron chi connectivity index (χ1n) is 4.19. The minimum absolute atomic E-state index is 1.37. The lowest BCUT2D eigenvalue weighted by Crippen LogP contribution is -1.82. The molecule has 3 heteroatoms. The predicted octanol–water partition coefficient (Wildman–Crippen LogP) is 3.76. The predicted molar refractivity (Wildman–Crippen MR) is 60.9 cm³/mol. The fraction of sp³-hybridized carbons (Fsp3) is 0.200.